The van der Waals surface area contributed by atoms with Crippen molar-refractivity contribution in [2.75, 3.05) is 20.6 Å². The first kappa shape index (κ1) is 16.9. The summed E-state index contributed by atoms with van der Waals surface area (Å²) in [6.07, 6.45) is 2.54. The van der Waals surface area contributed by atoms with Crippen LogP contribution < -0.4 is 5.32 Å². The Hall–Kier alpha value is -1.92. The molecule has 24 heavy (non-hydrogen) atoms. The Morgan fingerprint density at radius 1 is 1.33 bits per heavy atom. The fraction of sp³-hybridized carbons (Fsp3) is 0.278. The summed E-state index contributed by atoms with van der Waals surface area (Å²) in [5.74, 6) is -1.20. The minimum absolute atomic E-state index is 0.309. The lowest BCUT2D eigenvalue weighted by atomic mass is 10.0. The lowest BCUT2D eigenvalue weighted by Crippen LogP contribution is -2.27. The largest absolute Gasteiger partial charge is 0.388 e. The van der Waals surface area contributed by atoms with Gasteiger partial charge in [0.25, 0.3) is 0 Å². The molecule has 1 aromatic heterocycles. The van der Waals surface area contributed by atoms with E-state index in [1.54, 1.807) is 13.1 Å². The van der Waals surface area contributed by atoms with Gasteiger partial charge in [0.1, 0.15) is 16.7 Å². The zero-order chi connectivity index (χ0) is 17.3. The number of thiol groups is 1. The first-order valence-corrected chi connectivity index (χ1v) is 8.18. The predicted molar refractivity (Wildman–Crippen MR) is 94.8 cm³/mol. The molecule has 0 amide bonds. The van der Waals surface area contributed by atoms with Crippen LogP contribution in [-0.4, -0.2) is 30.5 Å². The summed E-state index contributed by atoms with van der Waals surface area (Å²) >= 11 is 4.50. The van der Waals surface area contributed by atoms with Gasteiger partial charge in [-0.3, -0.25) is 0 Å². The fourth-order valence-corrected chi connectivity index (χ4v) is 3.16. The Labute approximate surface area is 145 Å². The number of fused-ring (bicyclic) bond motifs is 1. The SMILES string of the molecule is CN/C(=C\c1ccc(F)cc1F)c1cc2c(nc1S)CCN(C)C2. The molecule has 2 heterocycles. The van der Waals surface area contributed by atoms with E-state index in [1.165, 1.54) is 12.1 Å². The van der Waals surface area contributed by atoms with Crippen LogP contribution in [0.15, 0.2) is 29.3 Å². The first-order chi connectivity index (χ1) is 11.5. The third kappa shape index (κ3) is 3.44. The highest BCUT2D eigenvalue weighted by Gasteiger charge is 2.18. The van der Waals surface area contributed by atoms with Gasteiger partial charge in [0.05, 0.1) is 0 Å². The van der Waals surface area contributed by atoms with Gasteiger partial charge in [-0.05, 0) is 36.9 Å². The van der Waals surface area contributed by atoms with E-state index in [4.69, 9.17) is 0 Å². The fourth-order valence-electron chi connectivity index (χ4n) is 2.86. The first-order valence-electron chi connectivity index (χ1n) is 7.73. The summed E-state index contributed by atoms with van der Waals surface area (Å²) in [6, 6.07) is 5.58. The summed E-state index contributed by atoms with van der Waals surface area (Å²) in [5.41, 5.74) is 4.01. The van der Waals surface area contributed by atoms with E-state index in [9.17, 15) is 8.78 Å². The van der Waals surface area contributed by atoms with Crippen molar-refractivity contribution >= 4 is 24.4 Å². The molecule has 6 heteroatoms. The van der Waals surface area contributed by atoms with Gasteiger partial charge in [0.2, 0.25) is 0 Å². The molecule has 1 aliphatic heterocycles. The molecule has 3 nitrogen and oxygen atoms in total. The van der Waals surface area contributed by atoms with E-state index < -0.39 is 11.6 Å². The molecule has 0 radical (unpaired) electrons. The van der Waals surface area contributed by atoms with E-state index in [1.807, 2.05) is 6.07 Å². The van der Waals surface area contributed by atoms with Crippen LogP contribution in [0, 0.1) is 11.6 Å². The predicted octanol–water partition coefficient (Wildman–Crippen LogP) is 3.35. The van der Waals surface area contributed by atoms with Gasteiger partial charge >= 0.3 is 0 Å². The van der Waals surface area contributed by atoms with Gasteiger partial charge in [-0.2, -0.15) is 0 Å². The maximum Gasteiger partial charge on any atom is 0.133 e. The molecule has 0 saturated heterocycles. The monoisotopic (exact) mass is 347 g/mol. The number of nitrogens with zero attached hydrogens (tertiary/aromatic N) is 2. The van der Waals surface area contributed by atoms with Gasteiger partial charge in [-0.25, -0.2) is 13.8 Å². The Bertz CT molecular complexity index is 805. The van der Waals surface area contributed by atoms with Crippen molar-refractivity contribution in [1.82, 2.24) is 15.2 Å². The normalized spacial score (nSPS) is 15.3. The van der Waals surface area contributed by atoms with Crippen LogP contribution in [-0.2, 0) is 13.0 Å². The quantitative estimate of drug-likeness (QED) is 0.834. The lowest BCUT2D eigenvalue weighted by molar-refractivity contribution is 0.309. The van der Waals surface area contributed by atoms with E-state index in [0.29, 0.717) is 16.3 Å². The molecule has 0 fully saturated rings. The Morgan fingerprint density at radius 3 is 2.83 bits per heavy atom. The number of aromatic nitrogens is 1. The standard InChI is InChI=1S/C18H19F2N3S/c1-21-17(8-11-3-4-13(19)9-15(11)20)14-7-12-10-23(2)6-5-16(12)22-18(14)24/h3-4,7-9,21H,5-6,10H2,1-2H3,(H,22,24)/b17-8-. The molecule has 3 rings (SSSR count). The Morgan fingerprint density at radius 2 is 2.12 bits per heavy atom. The second kappa shape index (κ2) is 6.91. The highest BCUT2D eigenvalue weighted by Crippen LogP contribution is 2.27. The van der Waals surface area contributed by atoms with Gasteiger partial charge < -0.3 is 10.2 Å². The van der Waals surface area contributed by atoms with Crippen LogP contribution in [0.5, 0.6) is 0 Å². The molecular formula is C18H19F2N3S. The van der Waals surface area contributed by atoms with E-state index in [2.05, 4.69) is 34.9 Å². The topological polar surface area (TPSA) is 28.2 Å². The molecule has 126 valence electrons. The Balaban J connectivity index is 2.04. The van der Waals surface area contributed by atoms with Gasteiger partial charge in [0.15, 0.2) is 0 Å². The molecule has 1 N–H and O–H groups in total. The second-order valence-electron chi connectivity index (χ2n) is 5.93. The number of benzene rings is 1. The third-order valence-corrected chi connectivity index (χ3v) is 4.50. The van der Waals surface area contributed by atoms with Crippen LogP contribution >= 0.6 is 12.6 Å². The van der Waals surface area contributed by atoms with Gasteiger partial charge in [-0.15, -0.1) is 12.6 Å². The molecule has 1 aromatic carbocycles. The third-order valence-electron chi connectivity index (χ3n) is 4.16. The number of rotatable bonds is 3. The molecule has 0 bridgehead atoms. The summed E-state index contributed by atoms with van der Waals surface area (Å²) in [5, 5.41) is 3.66. The summed E-state index contributed by atoms with van der Waals surface area (Å²) in [7, 11) is 3.83. The van der Waals surface area contributed by atoms with Gasteiger partial charge in [0, 0.05) is 55.1 Å². The van der Waals surface area contributed by atoms with Crippen LogP contribution in [0.25, 0.3) is 11.8 Å². The van der Waals surface area contributed by atoms with E-state index in [0.717, 1.165) is 42.4 Å². The molecule has 2 aromatic rings. The van der Waals surface area contributed by atoms with Crippen molar-refractivity contribution in [3.63, 3.8) is 0 Å². The molecule has 0 aliphatic carbocycles. The van der Waals surface area contributed by atoms with Crippen LogP contribution in [0.3, 0.4) is 0 Å². The van der Waals surface area contributed by atoms with Crippen LogP contribution in [0.1, 0.15) is 22.4 Å². The smallest absolute Gasteiger partial charge is 0.133 e. The zero-order valence-electron chi connectivity index (χ0n) is 13.6. The molecule has 0 unspecified atom stereocenters. The minimum atomic E-state index is -0.603. The van der Waals surface area contributed by atoms with Crippen molar-refractivity contribution in [3.8, 4) is 0 Å². The van der Waals surface area contributed by atoms with E-state index in [-0.39, 0.29) is 0 Å². The van der Waals surface area contributed by atoms with E-state index >= 15 is 0 Å². The molecule has 0 spiro atoms. The summed E-state index contributed by atoms with van der Waals surface area (Å²) in [4.78, 5) is 6.83. The summed E-state index contributed by atoms with van der Waals surface area (Å²) in [6.45, 7) is 1.80. The molecule has 1 aliphatic rings. The number of halogens is 2. The lowest BCUT2D eigenvalue weighted by Gasteiger charge is -2.25. The minimum Gasteiger partial charge on any atom is -0.388 e. The van der Waals surface area contributed by atoms with Crippen molar-refractivity contribution in [1.29, 1.82) is 0 Å². The maximum absolute atomic E-state index is 13.9. The highest BCUT2D eigenvalue weighted by atomic mass is 32.1. The highest BCUT2D eigenvalue weighted by molar-refractivity contribution is 7.80. The molecule has 0 atom stereocenters. The summed E-state index contributed by atoms with van der Waals surface area (Å²) < 4.78 is 27.0. The number of nitrogens with one attached hydrogen (secondary N) is 1. The second-order valence-corrected chi connectivity index (χ2v) is 6.35. The van der Waals surface area contributed by atoms with Crippen molar-refractivity contribution in [3.05, 3.63) is 58.3 Å². The number of hydrogen-bond donors (Lipinski definition) is 2. The number of hydrogen-bond acceptors (Lipinski definition) is 4. The molecular weight excluding hydrogens is 328 g/mol. The average Bonchev–Trinajstić information content (AvgIpc) is 2.54. The van der Waals surface area contributed by atoms with Gasteiger partial charge in [-0.1, -0.05) is 0 Å². The number of pyridine rings is 1. The maximum atomic E-state index is 13.9. The van der Waals surface area contributed by atoms with Crippen molar-refractivity contribution in [2.45, 2.75) is 18.0 Å². The van der Waals surface area contributed by atoms with Crippen LogP contribution in [0.4, 0.5) is 8.78 Å². The Kier molecular flexibility index (Phi) is 4.87. The van der Waals surface area contributed by atoms with Crippen LogP contribution in [0.2, 0.25) is 0 Å². The van der Waals surface area contributed by atoms with Crippen molar-refractivity contribution in [2.24, 2.45) is 0 Å². The average molecular weight is 347 g/mol. The zero-order valence-corrected chi connectivity index (χ0v) is 14.5. The number of likely N-dealkylation sites (N-methyl/N-ethyl adjacent to an activating group) is 1. The molecule has 0 saturated carbocycles. The van der Waals surface area contributed by atoms with Crippen molar-refractivity contribution < 1.29 is 8.78 Å².